The van der Waals surface area contributed by atoms with E-state index in [4.69, 9.17) is 4.74 Å². The number of para-hydroxylation sites is 2. The highest BCUT2D eigenvalue weighted by Gasteiger charge is 2.32. The van der Waals surface area contributed by atoms with E-state index >= 15 is 0 Å². The zero-order valence-corrected chi connectivity index (χ0v) is 16.5. The summed E-state index contributed by atoms with van der Waals surface area (Å²) in [5, 5.41) is 16.0. The number of carbonyl (C=O) groups is 2. The fourth-order valence-electron chi connectivity index (χ4n) is 2.69. The Balaban J connectivity index is 1.68. The molecule has 2 N–H and O–H groups in total. The van der Waals surface area contributed by atoms with E-state index in [1.165, 1.54) is 19.2 Å². The molecule has 0 aromatic heterocycles. The van der Waals surface area contributed by atoms with E-state index < -0.39 is 16.1 Å². The van der Waals surface area contributed by atoms with Crippen molar-refractivity contribution < 1.29 is 19.2 Å². The van der Waals surface area contributed by atoms with E-state index in [9.17, 15) is 19.7 Å². The Labute approximate surface area is 170 Å². The topological polar surface area (TPSA) is 123 Å². The smallest absolute Gasteiger partial charge is 0.293 e. The fraction of sp³-hybridized carbons (Fsp3) is 0.211. The number of anilines is 1. The molecular weight excluding hydrogens is 396 g/mol. The number of thioether (sulfide) groups is 1. The summed E-state index contributed by atoms with van der Waals surface area (Å²) in [6.07, 6.45) is -0.146. The zero-order valence-electron chi connectivity index (χ0n) is 15.7. The number of carbonyl (C=O) groups excluding carboxylic acids is 2. The van der Waals surface area contributed by atoms with Crippen molar-refractivity contribution in [2.24, 2.45) is 4.99 Å². The van der Waals surface area contributed by atoms with Crippen LogP contribution < -0.4 is 15.4 Å². The third-order valence-corrected chi connectivity index (χ3v) is 5.16. The molecule has 0 bridgehead atoms. The number of nitrogens with zero attached hydrogens (tertiary/aromatic N) is 2. The Bertz CT molecular complexity index is 1010. The predicted octanol–water partition coefficient (Wildman–Crippen LogP) is 3.16. The van der Waals surface area contributed by atoms with Gasteiger partial charge in [0.1, 0.15) is 22.4 Å². The van der Waals surface area contributed by atoms with Crippen molar-refractivity contribution in [1.29, 1.82) is 0 Å². The molecule has 2 amide bonds. The van der Waals surface area contributed by atoms with Crippen LogP contribution in [-0.2, 0) is 9.59 Å². The molecule has 1 heterocycles. The molecule has 1 aliphatic heterocycles. The Morgan fingerprint density at radius 2 is 2.10 bits per heavy atom. The van der Waals surface area contributed by atoms with E-state index in [1.54, 1.807) is 37.3 Å². The van der Waals surface area contributed by atoms with Crippen LogP contribution >= 0.6 is 11.8 Å². The number of hydrogen-bond donors (Lipinski definition) is 2. The lowest BCUT2D eigenvalue weighted by atomic mass is 10.2. The van der Waals surface area contributed by atoms with Crippen molar-refractivity contribution in [2.45, 2.75) is 18.6 Å². The maximum Gasteiger partial charge on any atom is 0.293 e. The molecule has 0 unspecified atom stereocenters. The van der Waals surface area contributed by atoms with Gasteiger partial charge in [0.2, 0.25) is 11.8 Å². The molecule has 29 heavy (non-hydrogen) atoms. The monoisotopic (exact) mass is 414 g/mol. The fourth-order valence-corrected chi connectivity index (χ4v) is 3.67. The van der Waals surface area contributed by atoms with Gasteiger partial charge in [-0.05, 0) is 30.7 Å². The minimum atomic E-state index is -0.687. The normalized spacial score (nSPS) is 17.1. The Kier molecular flexibility index (Phi) is 6.13. The summed E-state index contributed by atoms with van der Waals surface area (Å²) in [4.78, 5) is 39.5. The van der Waals surface area contributed by atoms with E-state index in [-0.39, 0.29) is 23.7 Å². The van der Waals surface area contributed by atoms with Gasteiger partial charge in [-0.25, -0.2) is 4.99 Å². The van der Waals surface area contributed by atoms with Crippen molar-refractivity contribution >= 4 is 45.8 Å². The number of nitro groups is 1. The van der Waals surface area contributed by atoms with Crippen molar-refractivity contribution in [3.8, 4) is 5.75 Å². The summed E-state index contributed by atoms with van der Waals surface area (Å²) in [7, 11) is 1.52. The van der Waals surface area contributed by atoms with Gasteiger partial charge in [0, 0.05) is 12.5 Å². The number of aliphatic imine (C=N–C) groups is 1. The van der Waals surface area contributed by atoms with Gasteiger partial charge >= 0.3 is 0 Å². The number of hydrogen-bond acceptors (Lipinski definition) is 7. The maximum absolute atomic E-state index is 12.4. The first-order valence-corrected chi connectivity index (χ1v) is 9.49. The second-order valence-electron chi connectivity index (χ2n) is 6.21. The second-order valence-corrected chi connectivity index (χ2v) is 7.41. The number of nitrogens with one attached hydrogen (secondary N) is 2. The van der Waals surface area contributed by atoms with Crippen molar-refractivity contribution in [2.75, 3.05) is 12.4 Å². The van der Waals surface area contributed by atoms with Crippen LogP contribution in [0.4, 0.5) is 17.1 Å². The predicted molar refractivity (Wildman–Crippen MR) is 111 cm³/mol. The van der Waals surface area contributed by atoms with Crippen LogP contribution in [0.3, 0.4) is 0 Å². The van der Waals surface area contributed by atoms with Gasteiger partial charge in [-0.2, -0.15) is 0 Å². The largest absolute Gasteiger partial charge is 0.494 e. The van der Waals surface area contributed by atoms with Crippen LogP contribution in [0.1, 0.15) is 12.0 Å². The molecule has 1 fully saturated rings. The van der Waals surface area contributed by atoms with Crippen molar-refractivity contribution in [3.63, 3.8) is 0 Å². The van der Waals surface area contributed by atoms with Gasteiger partial charge in [0.15, 0.2) is 5.17 Å². The summed E-state index contributed by atoms with van der Waals surface area (Å²) in [6, 6.07) is 11.6. The van der Waals surface area contributed by atoms with Crippen molar-refractivity contribution in [3.05, 3.63) is 58.1 Å². The van der Waals surface area contributed by atoms with Gasteiger partial charge < -0.3 is 15.4 Å². The lowest BCUT2D eigenvalue weighted by Crippen LogP contribution is -2.28. The first kappa shape index (κ1) is 20.3. The molecule has 1 saturated heterocycles. The molecular formula is C19H18N4O5S. The van der Waals surface area contributed by atoms with Crippen LogP contribution in [0.2, 0.25) is 0 Å². The number of ether oxygens (including phenoxy) is 1. The maximum atomic E-state index is 12.4. The SMILES string of the molecule is COc1ccccc1N=C1NC(=O)[C@@H](CC(=O)Nc2ccc(C)cc2[N+](=O)[O-])S1. The summed E-state index contributed by atoms with van der Waals surface area (Å²) >= 11 is 1.12. The number of amidine groups is 1. The number of rotatable bonds is 6. The van der Waals surface area contributed by atoms with Gasteiger partial charge in [0.25, 0.3) is 5.69 Å². The molecule has 0 radical (unpaired) electrons. The average Bonchev–Trinajstić information content (AvgIpc) is 3.02. The molecule has 1 atom stereocenters. The van der Waals surface area contributed by atoms with Crippen LogP contribution in [-0.4, -0.2) is 34.3 Å². The number of methoxy groups -OCH3 is 1. The molecule has 2 aromatic rings. The molecule has 0 aliphatic carbocycles. The minimum Gasteiger partial charge on any atom is -0.494 e. The lowest BCUT2D eigenvalue weighted by Gasteiger charge is -2.08. The Morgan fingerprint density at radius 1 is 1.34 bits per heavy atom. The Morgan fingerprint density at radius 3 is 2.83 bits per heavy atom. The quantitative estimate of drug-likeness (QED) is 0.553. The number of nitro benzene ring substituents is 1. The highest BCUT2D eigenvalue weighted by molar-refractivity contribution is 8.15. The number of aryl methyl sites for hydroxylation is 1. The molecule has 2 aromatic carbocycles. The average molecular weight is 414 g/mol. The lowest BCUT2D eigenvalue weighted by molar-refractivity contribution is -0.384. The molecule has 1 aliphatic rings. The second kappa shape index (κ2) is 8.74. The number of benzene rings is 2. The summed E-state index contributed by atoms with van der Waals surface area (Å²) in [5.74, 6) is -0.289. The standard InChI is InChI=1S/C19H18N4O5S/c1-11-7-8-12(14(9-11)23(26)27)20-17(24)10-16-18(25)22-19(29-16)21-13-5-3-4-6-15(13)28-2/h3-9,16H,10H2,1-2H3,(H,20,24)(H,21,22,25)/t16-/m1/s1. The first-order valence-electron chi connectivity index (χ1n) is 8.61. The third kappa shape index (κ3) is 4.91. The van der Waals surface area contributed by atoms with E-state index in [2.05, 4.69) is 15.6 Å². The minimum absolute atomic E-state index is 0.0944. The van der Waals surface area contributed by atoms with Crippen LogP contribution in [0.5, 0.6) is 5.75 Å². The van der Waals surface area contributed by atoms with E-state index in [0.29, 0.717) is 22.2 Å². The zero-order chi connectivity index (χ0) is 21.0. The molecule has 10 heteroatoms. The summed E-state index contributed by atoms with van der Waals surface area (Å²) in [6.45, 7) is 1.72. The summed E-state index contributed by atoms with van der Waals surface area (Å²) in [5.41, 5.74) is 1.16. The van der Waals surface area contributed by atoms with Crippen LogP contribution in [0.15, 0.2) is 47.5 Å². The first-order chi connectivity index (χ1) is 13.9. The van der Waals surface area contributed by atoms with Gasteiger partial charge in [-0.3, -0.25) is 19.7 Å². The Hall–Kier alpha value is -3.40. The van der Waals surface area contributed by atoms with Gasteiger partial charge in [0.05, 0.1) is 12.0 Å². The molecule has 9 nitrogen and oxygen atoms in total. The number of amides is 2. The van der Waals surface area contributed by atoms with Gasteiger partial charge in [-0.15, -0.1) is 0 Å². The molecule has 0 saturated carbocycles. The molecule has 3 rings (SSSR count). The van der Waals surface area contributed by atoms with Crippen molar-refractivity contribution in [1.82, 2.24) is 5.32 Å². The third-order valence-electron chi connectivity index (χ3n) is 4.08. The van der Waals surface area contributed by atoms with E-state index in [0.717, 1.165) is 11.8 Å². The van der Waals surface area contributed by atoms with Crippen LogP contribution in [0.25, 0.3) is 0 Å². The summed E-state index contributed by atoms with van der Waals surface area (Å²) < 4.78 is 5.23. The van der Waals surface area contributed by atoms with Gasteiger partial charge in [-0.1, -0.05) is 30.0 Å². The van der Waals surface area contributed by atoms with Crippen LogP contribution in [0, 0.1) is 17.0 Å². The molecule has 150 valence electrons. The van der Waals surface area contributed by atoms with E-state index in [1.807, 2.05) is 0 Å². The highest BCUT2D eigenvalue weighted by atomic mass is 32.2. The highest BCUT2D eigenvalue weighted by Crippen LogP contribution is 2.31. The molecule has 0 spiro atoms.